The van der Waals surface area contributed by atoms with Crippen LogP contribution in [0.25, 0.3) is 0 Å². The molecule has 0 radical (unpaired) electrons. The molecule has 0 heterocycles. The van der Waals surface area contributed by atoms with Crippen molar-refractivity contribution in [3.63, 3.8) is 0 Å². The number of aliphatic hydroxyl groups is 1. The Morgan fingerprint density at radius 3 is 1.79 bits per heavy atom. The molecule has 3 rings (SSSR count). The highest BCUT2D eigenvalue weighted by molar-refractivity contribution is 7.00. The molecule has 0 saturated carbocycles. The van der Waals surface area contributed by atoms with Crippen LogP contribution in [0, 0.1) is 5.82 Å². The van der Waals surface area contributed by atoms with Gasteiger partial charge in [-0.1, -0.05) is 99.1 Å². The molecule has 0 unspecified atom stereocenters. The van der Waals surface area contributed by atoms with Crippen LogP contribution in [0.2, 0.25) is 10.1 Å². The van der Waals surface area contributed by atoms with Gasteiger partial charge in [-0.2, -0.15) is 0 Å². The van der Waals surface area contributed by atoms with Crippen molar-refractivity contribution in [2.24, 2.45) is 0 Å². The van der Waals surface area contributed by atoms with Gasteiger partial charge in [-0.3, -0.25) is 0 Å². The van der Waals surface area contributed by atoms with Crippen molar-refractivity contribution in [2.75, 3.05) is 0 Å². The minimum absolute atomic E-state index is 0.000588. The molecule has 0 fully saturated rings. The van der Waals surface area contributed by atoms with Crippen LogP contribution in [0.5, 0.6) is 5.75 Å². The maximum absolute atomic E-state index is 15.0. The Balaban J connectivity index is 2.33. The van der Waals surface area contributed by atoms with Crippen molar-refractivity contribution < 1.29 is 13.9 Å². The molecular weight excluding hydrogens is 403 g/mol. The predicted molar refractivity (Wildman–Crippen MR) is 120 cm³/mol. The molecule has 0 saturated heterocycles. The molecular formula is C24H26ClFO2Si. The molecule has 0 bridgehead atoms. The summed E-state index contributed by atoms with van der Waals surface area (Å²) in [6.45, 7) is 7.95. The van der Waals surface area contributed by atoms with E-state index in [1.54, 1.807) is 6.92 Å². The fourth-order valence-electron chi connectivity index (χ4n) is 3.77. The Morgan fingerprint density at radius 2 is 1.38 bits per heavy atom. The smallest absolute Gasteiger partial charge is 0.320 e. The van der Waals surface area contributed by atoms with E-state index in [1.165, 1.54) is 12.1 Å². The van der Waals surface area contributed by atoms with Gasteiger partial charge in [0.15, 0.2) is 11.6 Å². The highest BCUT2D eigenvalue weighted by Crippen LogP contribution is 2.42. The average molecular weight is 429 g/mol. The first-order valence-electron chi connectivity index (χ1n) is 9.64. The van der Waals surface area contributed by atoms with Crippen molar-refractivity contribution in [2.45, 2.75) is 38.8 Å². The summed E-state index contributed by atoms with van der Waals surface area (Å²) in [5.74, 6) is -0.535. The first-order valence-corrected chi connectivity index (χ1v) is 11.9. The van der Waals surface area contributed by atoms with E-state index in [9.17, 15) is 9.50 Å². The van der Waals surface area contributed by atoms with Gasteiger partial charge in [0, 0.05) is 5.56 Å². The van der Waals surface area contributed by atoms with E-state index in [4.69, 9.17) is 16.0 Å². The largest absolute Gasteiger partial charge is 0.531 e. The van der Waals surface area contributed by atoms with E-state index in [0.29, 0.717) is 5.56 Å². The Hall–Kier alpha value is -2.14. The lowest BCUT2D eigenvalue weighted by atomic mass is 10.1. The third-order valence-corrected chi connectivity index (χ3v) is 10.5. The van der Waals surface area contributed by atoms with E-state index < -0.39 is 20.2 Å². The van der Waals surface area contributed by atoms with Gasteiger partial charge in [0.1, 0.15) is 0 Å². The molecule has 1 atom stereocenters. The van der Waals surface area contributed by atoms with E-state index in [1.807, 2.05) is 60.7 Å². The summed E-state index contributed by atoms with van der Waals surface area (Å²) in [7, 11) is -3.02. The maximum Gasteiger partial charge on any atom is 0.320 e. The highest BCUT2D eigenvalue weighted by Gasteiger charge is 2.52. The monoisotopic (exact) mass is 428 g/mol. The summed E-state index contributed by atoms with van der Waals surface area (Å²) in [4.78, 5) is 0. The van der Waals surface area contributed by atoms with Gasteiger partial charge in [0.25, 0.3) is 0 Å². The summed E-state index contributed by atoms with van der Waals surface area (Å²) < 4.78 is 21.7. The summed E-state index contributed by atoms with van der Waals surface area (Å²) in [5.41, 5.74) is 0.445. The van der Waals surface area contributed by atoms with Crippen LogP contribution in [0.15, 0.2) is 72.8 Å². The number of hydrogen-bond donors (Lipinski definition) is 1. The zero-order valence-corrected chi connectivity index (χ0v) is 18.9. The van der Waals surface area contributed by atoms with Gasteiger partial charge in [0.05, 0.1) is 11.1 Å². The first-order chi connectivity index (χ1) is 13.7. The third kappa shape index (κ3) is 3.97. The maximum atomic E-state index is 15.0. The molecule has 152 valence electrons. The van der Waals surface area contributed by atoms with Crippen LogP contribution in [-0.2, 0) is 0 Å². The molecule has 5 heteroatoms. The average Bonchev–Trinajstić information content (AvgIpc) is 2.68. The quantitative estimate of drug-likeness (QED) is 0.546. The number of rotatable bonds is 5. The topological polar surface area (TPSA) is 29.5 Å². The molecule has 0 aliphatic carbocycles. The molecule has 0 aliphatic heterocycles. The summed E-state index contributed by atoms with van der Waals surface area (Å²) in [6, 6.07) is 22.8. The Kier molecular flexibility index (Phi) is 6.18. The summed E-state index contributed by atoms with van der Waals surface area (Å²) in [6.07, 6.45) is -0.829. The van der Waals surface area contributed by atoms with Crippen molar-refractivity contribution in [3.8, 4) is 5.75 Å². The van der Waals surface area contributed by atoms with Crippen LogP contribution in [0.3, 0.4) is 0 Å². The molecule has 0 aliphatic rings. The SMILES string of the molecule is C[C@@H](O)c1ccc(F)c(O[Si](c2ccccc2)(c2ccccc2)C(C)(C)C)c1Cl. The van der Waals surface area contributed by atoms with Crippen molar-refractivity contribution in [1.82, 2.24) is 0 Å². The van der Waals surface area contributed by atoms with E-state index in [0.717, 1.165) is 10.4 Å². The number of hydrogen-bond acceptors (Lipinski definition) is 2. The normalized spacial score (nSPS) is 13.2. The standard InChI is InChI=1S/C24H26ClFO2Si/c1-17(27)20-15-16-21(26)23(22(20)25)28-29(24(2,3)4,18-11-7-5-8-12-18)19-13-9-6-10-14-19/h5-17,27H,1-4H3/t17-/m1/s1. The fraction of sp³-hybridized carbons (Fsp3) is 0.250. The zero-order valence-electron chi connectivity index (χ0n) is 17.1. The third-order valence-electron chi connectivity index (χ3n) is 5.20. The van der Waals surface area contributed by atoms with Gasteiger partial charge in [-0.15, -0.1) is 0 Å². The molecule has 2 nitrogen and oxygen atoms in total. The summed E-state index contributed by atoms with van der Waals surface area (Å²) >= 11 is 6.54. The molecule has 0 amide bonds. The van der Waals surface area contributed by atoms with Crippen molar-refractivity contribution >= 4 is 30.3 Å². The molecule has 29 heavy (non-hydrogen) atoms. The second-order valence-corrected chi connectivity index (χ2v) is 12.8. The lowest BCUT2D eigenvalue weighted by molar-refractivity contribution is 0.199. The van der Waals surface area contributed by atoms with Gasteiger partial charge < -0.3 is 9.53 Å². The number of benzene rings is 3. The van der Waals surface area contributed by atoms with Crippen LogP contribution in [0.1, 0.15) is 39.4 Å². The molecule has 3 aromatic rings. The lowest BCUT2D eigenvalue weighted by Gasteiger charge is -2.43. The zero-order chi connectivity index (χ0) is 21.2. The first kappa shape index (κ1) is 21.6. The second-order valence-electron chi connectivity index (χ2n) is 8.22. The molecule has 0 spiro atoms. The van der Waals surface area contributed by atoms with Crippen LogP contribution < -0.4 is 14.8 Å². The minimum atomic E-state index is -3.02. The predicted octanol–water partition coefficient (Wildman–Crippen LogP) is 5.47. The Labute approximate surface area is 178 Å². The van der Waals surface area contributed by atoms with Crippen LogP contribution in [0.4, 0.5) is 4.39 Å². The Bertz CT molecular complexity index is 930. The highest BCUT2D eigenvalue weighted by atomic mass is 35.5. The Morgan fingerprint density at radius 1 is 0.897 bits per heavy atom. The molecule has 3 aromatic carbocycles. The summed E-state index contributed by atoms with van der Waals surface area (Å²) in [5, 5.41) is 11.9. The van der Waals surface area contributed by atoms with E-state index in [-0.39, 0.29) is 15.8 Å². The number of halogens is 2. The van der Waals surface area contributed by atoms with Crippen LogP contribution in [-0.4, -0.2) is 13.4 Å². The van der Waals surface area contributed by atoms with Gasteiger partial charge in [-0.25, -0.2) is 4.39 Å². The van der Waals surface area contributed by atoms with E-state index in [2.05, 4.69) is 20.8 Å². The van der Waals surface area contributed by atoms with Crippen molar-refractivity contribution in [1.29, 1.82) is 0 Å². The van der Waals surface area contributed by atoms with Crippen molar-refractivity contribution in [3.05, 3.63) is 89.2 Å². The second kappa shape index (κ2) is 8.31. The molecule has 0 aromatic heterocycles. The van der Waals surface area contributed by atoms with Gasteiger partial charge in [0.2, 0.25) is 0 Å². The van der Waals surface area contributed by atoms with Gasteiger partial charge >= 0.3 is 8.32 Å². The lowest BCUT2D eigenvalue weighted by Crippen LogP contribution is -2.69. The molecule has 1 N–H and O–H groups in total. The van der Waals surface area contributed by atoms with Gasteiger partial charge in [-0.05, 0) is 28.4 Å². The minimum Gasteiger partial charge on any atom is -0.531 e. The van der Waals surface area contributed by atoms with E-state index >= 15 is 0 Å². The van der Waals surface area contributed by atoms with Crippen LogP contribution >= 0.6 is 11.6 Å². The number of aliphatic hydroxyl groups excluding tert-OH is 1. The fourth-order valence-corrected chi connectivity index (χ4v) is 8.62.